The molecular formula is C15H20FNO2. The Morgan fingerprint density at radius 1 is 1.53 bits per heavy atom. The smallest absolute Gasteiger partial charge is 0.328 e. The molecule has 19 heavy (non-hydrogen) atoms. The molecule has 1 aromatic rings. The van der Waals surface area contributed by atoms with Crippen molar-refractivity contribution in [1.29, 1.82) is 0 Å². The molecule has 1 atom stereocenters. The predicted molar refractivity (Wildman–Crippen MR) is 74.3 cm³/mol. The first-order valence-electron chi connectivity index (χ1n) is 6.33. The first-order valence-corrected chi connectivity index (χ1v) is 6.33. The first-order chi connectivity index (χ1) is 8.93. The minimum atomic E-state index is -1.04. The van der Waals surface area contributed by atoms with E-state index in [1.54, 1.807) is 6.07 Å². The molecule has 0 aliphatic heterocycles. The lowest BCUT2D eigenvalue weighted by Gasteiger charge is -2.24. The van der Waals surface area contributed by atoms with Crippen molar-refractivity contribution in [2.24, 2.45) is 0 Å². The molecule has 0 fully saturated rings. The van der Waals surface area contributed by atoms with Gasteiger partial charge in [-0.1, -0.05) is 13.0 Å². The molecule has 0 aromatic heterocycles. The molecule has 1 unspecified atom stereocenters. The Morgan fingerprint density at radius 3 is 2.79 bits per heavy atom. The minimum Gasteiger partial charge on any atom is -0.478 e. The molecule has 0 radical (unpaired) electrons. The Hall–Kier alpha value is -1.68. The van der Waals surface area contributed by atoms with Crippen LogP contribution >= 0.6 is 0 Å². The largest absolute Gasteiger partial charge is 0.478 e. The molecule has 0 aliphatic carbocycles. The summed E-state index contributed by atoms with van der Waals surface area (Å²) in [4.78, 5) is 12.7. The number of halogens is 1. The number of hydrogen-bond donors (Lipinski definition) is 1. The minimum absolute atomic E-state index is 0.361. The zero-order chi connectivity index (χ0) is 14.4. The zero-order valence-corrected chi connectivity index (χ0v) is 11.6. The SMILES string of the molecule is CCC(C)N(C)Cc1ccc(F)cc1C=CC(=O)O. The highest BCUT2D eigenvalue weighted by molar-refractivity contribution is 5.85. The Morgan fingerprint density at radius 2 is 2.21 bits per heavy atom. The number of carboxylic acid groups (broad SMARTS) is 1. The van der Waals surface area contributed by atoms with E-state index < -0.39 is 5.97 Å². The molecule has 1 rings (SSSR count). The molecule has 0 heterocycles. The van der Waals surface area contributed by atoms with Gasteiger partial charge in [-0.3, -0.25) is 4.90 Å². The van der Waals surface area contributed by atoms with Crippen molar-refractivity contribution in [1.82, 2.24) is 4.90 Å². The van der Waals surface area contributed by atoms with Crippen LogP contribution in [-0.4, -0.2) is 29.1 Å². The van der Waals surface area contributed by atoms with E-state index in [1.807, 2.05) is 7.05 Å². The van der Waals surface area contributed by atoms with Crippen LogP contribution in [0.1, 0.15) is 31.4 Å². The van der Waals surface area contributed by atoms with Gasteiger partial charge in [-0.15, -0.1) is 0 Å². The molecule has 0 amide bonds. The summed E-state index contributed by atoms with van der Waals surface area (Å²) in [6, 6.07) is 4.88. The van der Waals surface area contributed by atoms with Crippen LogP contribution in [0.15, 0.2) is 24.3 Å². The molecule has 0 saturated carbocycles. The zero-order valence-electron chi connectivity index (χ0n) is 11.6. The van der Waals surface area contributed by atoms with Gasteiger partial charge in [0, 0.05) is 18.7 Å². The van der Waals surface area contributed by atoms with E-state index in [4.69, 9.17) is 5.11 Å². The summed E-state index contributed by atoms with van der Waals surface area (Å²) in [7, 11) is 2.00. The van der Waals surface area contributed by atoms with E-state index in [9.17, 15) is 9.18 Å². The van der Waals surface area contributed by atoms with Crippen molar-refractivity contribution in [2.75, 3.05) is 7.05 Å². The number of carbonyl (C=O) groups is 1. The van der Waals surface area contributed by atoms with Gasteiger partial charge in [0.15, 0.2) is 0 Å². The fraction of sp³-hybridized carbons (Fsp3) is 0.400. The van der Waals surface area contributed by atoms with Crippen molar-refractivity contribution in [3.63, 3.8) is 0 Å². The summed E-state index contributed by atoms with van der Waals surface area (Å²) in [5.41, 5.74) is 1.53. The Kier molecular flexibility index (Phi) is 5.70. The van der Waals surface area contributed by atoms with Gasteiger partial charge in [0.2, 0.25) is 0 Å². The van der Waals surface area contributed by atoms with Crippen molar-refractivity contribution in [3.05, 3.63) is 41.2 Å². The van der Waals surface area contributed by atoms with E-state index in [2.05, 4.69) is 18.7 Å². The summed E-state index contributed by atoms with van der Waals surface area (Å²) >= 11 is 0. The first kappa shape index (κ1) is 15.4. The fourth-order valence-electron chi connectivity index (χ4n) is 1.76. The lowest BCUT2D eigenvalue weighted by atomic mass is 10.1. The summed E-state index contributed by atoms with van der Waals surface area (Å²) in [5.74, 6) is -1.40. The predicted octanol–water partition coefficient (Wildman–Crippen LogP) is 3.15. The van der Waals surface area contributed by atoms with E-state index in [0.29, 0.717) is 18.2 Å². The second-order valence-electron chi connectivity index (χ2n) is 4.69. The van der Waals surface area contributed by atoms with Crippen LogP contribution < -0.4 is 0 Å². The lowest BCUT2D eigenvalue weighted by Crippen LogP contribution is -2.28. The molecule has 0 saturated heterocycles. The fourth-order valence-corrected chi connectivity index (χ4v) is 1.76. The van der Waals surface area contributed by atoms with E-state index in [-0.39, 0.29) is 5.82 Å². The van der Waals surface area contributed by atoms with Gasteiger partial charge in [-0.2, -0.15) is 0 Å². The third-order valence-corrected chi connectivity index (χ3v) is 3.28. The average Bonchev–Trinajstić information content (AvgIpc) is 2.37. The highest BCUT2D eigenvalue weighted by Crippen LogP contribution is 2.16. The van der Waals surface area contributed by atoms with Crippen LogP contribution in [0.4, 0.5) is 4.39 Å². The van der Waals surface area contributed by atoms with Crippen LogP contribution in [0, 0.1) is 5.82 Å². The molecule has 4 heteroatoms. The third-order valence-electron chi connectivity index (χ3n) is 3.28. The number of aliphatic carboxylic acids is 1. The van der Waals surface area contributed by atoms with Crippen molar-refractivity contribution in [2.45, 2.75) is 32.9 Å². The van der Waals surface area contributed by atoms with Gasteiger partial charge in [-0.05, 0) is 49.7 Å². The summed E-state index contributed by atoms with van der Waals surface area (Å²) in [5, 5.41) is 8.65. The third kappa shape index (κ3) is 4.83. The molecule has 0 aliphatic rings. The van der Waals surface area contributed by atoms with Crippen molar-refractivity contribution in [3.8, 4) is 0 Å². The standard InChI is InChI=1S/C15H20FNO2/c1-4-11(2)17(3)10-13-5-7-14(16)9-12(13)6-8-15(18)19/h5-9,11H,4,10H2,1-3H3,(H,18,19). The van der Waals surface area contributed by atoms with Gasteiger partial charge in [0.25, 0.3) is 0 Å². The molecule has 0 spiro atoms. The lowest BCUT2D eigenvalue weighted by molar-refractivity contribution is -0.131. The van der Waals surface area contributed by atoms with Crippen molar-refractivity contribution < 1.29 is 14.3 Å². The number of carboxylic acids is 1. The van der Waals surface area contributed by atoms with Gasteiger partial charge >= 0.3 is 5.97 Å². The van der Waals surface area contributed by atoms with Crippen LogP contribution in [0.25, 0.3) is 6.08 Å². The molecule has 0 bridgehead atoms. The highest BCUT2D eigenvalue weighted by atomic mass is 19.1. The van der Waals surface area contributed by atoms with Gasteiger partial charge < -0.3 is 5.11 Å². The van der Waals surface area contributed by atoms with Gasteiger partial charge in [-0.25, -0.2) is 9.18 Å². The number of hydrogen-bond acceptors (Lipinski definition) is 2. The Balaban J connectivity index is 2.96. The Labute approximate surface area is 113 Å². The molecule has 104 valence electrons. The van der Waals surface area contributed by atoms with E-state index in [1.165, 1.54) is 18.2 Å². The average molecular weight is 265 g/mol. The number of nitrogens with zero attached hydrogens (tertiary/aromatic N) is 1. The summed E-state index contributed by atoms with van der Waals surface area (Å²) in [6.07, 6.45) is 3.49. The van der Waals surface area contributed by atoms with Gasteiger partial charge in [0.1, 0.15) is 5.82 Å². The number of benzene rings is 1. The van der Waals surface area contributed by atoms with Gasteiger partial charge in [0.05, 0.1) is 0 Å². The molecule has 3 nitrogen and oxygen atoms in total. The topological polar surface area (TPSA) is 40.5 Å². The highest BCUT2D eigenvalue weighted by Gasteiger charge is 2.10. The van der Waals surface area contributed by atoms with Crippen LogP contribution in [0.5, 0.6) is 0 Å². The molecule has 1 N–H and O–H groups in total. The second kappa shape index (κ2) is 7.04. The summed E-state index contributed by atoms with van der Waals surface area (Å²) < 4.78 is 13.2. The quantitative estimate of drug-likeness (QED) is 0.803. The van der Waals surface area contributed by atoms with Crippen LogP contribution in [0.2, 0.25) is 0 Å². The monoisotopic (exact) mass is 265 g/mol. The van der Waals surface area contributed by atoms with Crippen LogP contribution in [0.3, 0.4) is 0 Å². The van der Waals surface area contributed by atoms with Crippen molar-refractivity contribution >= 4 is 12.0 Å². The van der Waals surface area contributed by atoms with E-state index >= 15 is 0 Å². The maximum absolute atomic E-state index is 13.2. The summed E-state index contributed by atoms with van der Waals surface area (Å²) in [6.45, 7) is 4.89. The maximum Gasteiger partial charge on any atom is 0.328 e. The Bertz CT molecular complexity index is 471. The molecule has 1 aromatic carbocycles. The van der Waals surface area contributed by atoms with Crippen LogP contribution in [-0.2, 0) is 11.3 Å². The normalized spacial score (nSPS) is 13.1. The molecular weight excluding hydrogens is 245 g/mol. The number of rotatable bonds is 6. The second-order valence-corrected chi connectivity index (χ2v) is 4.69. The van der Waals surface area contributed by atoms with E-state index in [0.717, 1.165) is 18.1 Å². The maximum atomic E-state index is 13.2.